The van der Waals surface area contributed by atoms with Gasteiger partial charge in [0.2, 0.25) is 5.91 Å². The zero-order valence-corrected chi connectivity index (χ0v) is 13.4. The summed E-state index contributed by atoms with van der Waals surface area (Å²) < 4.78 is 0. The molecule has 0 aliphatic carbocycles. The van der Waals surface area contributed by atoms with E-state index in [1.165, 1.54) is 11.1 Å². The highest BCUT2D eigenvalue weighted by Crippen LogP contribution is 2.12. The molecule has 1 aromatic rings. The van der Waals surface area contributed by atoms with Gasteiger partial charge in [0.15, 0.2) is 0 Å². The van der Waals surface area contributed by atoms with E-state index in [0.29, 0.717) is 18.3 Å². The van der Waals surface area contributed by atoms with Crippen LogP contribution in [0.15, 0.2) is 24.3 Å². The van der Waals surface area contributed by atoms with Crippen molar-refractivity contribution in [1.82, 2.24) is 10.6 Å². The summed E-state index contributed by atoms with van der Waals surface area (Å²) in [6.07, 6.45) is 0. The zero-order valence-electron chi connectivity index (χ0n) is 11.7. The van der Waals surface area contributed by atoms with Gasteiger partial charge in [-0.05, 0) is 26.5 Å². The van der Waals surface area contributed by atoms with Crippen molar-refractivity contribution < 1.29 is 4.79 Å². The van der Waals surface area contributed by atoms with Crippen LogP contribution in [0.2, 0.25) is 0 Å². The van der Waals surface area contributed by atoms with Gasteiger partial charge in [0.1, 0.15) is 0 Å². The van der Waals surface area contributed by atoms with Crippen molar-refractivity contribution in [3.8, 4) is 0 Å². The topological polar surface area (TPSA) is 41.1 Å². The third-order valence-electron chi connectivity index (χ3n) is 2.72. The fourth-order valence-corrected chi connectivity index (χ4v) is 2.18. The van der Waals surface area contributed by atoms with E-state index in [4.69, 9.17) is 0 Å². The minimum Gasteiger partial charge on any atom is -0.354 e. The molecule has 1 rings (SSSR count). The molecule has 0 radical (unpaired) electrons. The number of thioether (sulfide) groups is 1. The number of hydrogen-bond acceptors (Lipinski definition) is 3. The van der Waals surface area contributed by atoms with E-state index in [1.54, 1.807) is 11.8 Å². The Labute approximate surface area is 126 Å². The van der Waals surface area contributed by atoms with E-state index < -0.39 is 0 Å². The number of hydrogen-bond donors (Lipinski definition) is 2. The lowest BCUT2D eigenvalue weighted by Gasteiger charge is -2.11. The van der Waals surface area contributed by atoms with Gasteiger partial charge >= 0.3 is 0 Å². The Morgan fingerprint density at radius 3 is 2.53 bits per heavy atom. The average molecular weight is 303 g/mol. The largest absolute Gasteiger partial charge is 0.354 e. The second-order valence-electron chi connectivity index (χ2n) is 4.47. The molecule has 1 unspecified atom stereocenters. The monoisotopic (exact) mass is 302 g/mol. The van der Waals surface area contributed by atoms with Gasteiger partial charge in [0.05, 0.1) is 5.75 Å². The summed E-state index contributed by atoms with van der Waals surface area (Å²) >= 11 is 1.65. The Kier molecular flexibility index (Phi) is 9.74. The average Bonchev–Trinajstić information content (AvgIpc) is 2.38. The normalized spacial score (nSPS) is 11.5. The van der Waals surface area contributed by atoms with E-state index in [-0.39, 0.29) is 18.3 Å². The SMILES string of the molecule is CNC(C)CNC(=O)CSCc1ccc(C)cc1.Cl. The second kappa shape index (κ2) is 10.1. The van der Waals surface area contributed by atoms with Crippen LogP contribution in [0.4, 0.5) is 0 Å². The first kappa shape index (κ1) is 18.3. The molecule has 19 heavy (non-hydrogen) atoms. The number of carbonyl (C=O) groups excluding carboxylic acids is 1. The number of nitrogens with one attached hydrogen (secondary N) is 2. The first-order chi connectivity index (χ1) is 8.61. The lowest BCUT2D eigenvalue weighted by molar-refractivity contribution is -0.118. The van der Waals surface area contributed by atoms with Gasteiger partial charge < -0.3 is 10.6 Å². The molecule has 3 nitrogen and oxygen atoms in total. The van der Waals surface area contributed by atoms with Gasteiger partial charge in [-0.2, -0.15) is 0 Å². The summed E-state index contributed by atoms with van der Waals surface area (Å²) in [4.78, 5) is 11.5. The number of amides is 1. The summed E-state index contributed by atoms with van der Waals surface area (Å²) in [6, 6.07) is 8.75. The highest BCUT2D eigenvalue weighted by atomic mass is 35.5. The van der Waals surface area contributed by atoms with Crippen molar-refractivity contribution in [3.05, 3.63) is 35.4 Å². The Morgan fingerprint density at radius 1 is 1.32 bits per heavy atom. The van der Waals surface area contributed by atoms with Crippen LogP contribution in [0.5, 0.6) is 0 Å². The van der Waals surface area contributed by atoms with E-state index in [9.17, 15) is 4.79 Å². The van der Waals surface area contributed by atoms with Gasteiger partial charge in [-0.25, -0.2) is 0 Å². The summed E-state index contributed by atoms with van der Waals surface area (Å²) in [6.45, 7) is 4.80. The van der Waals surface area contributed by atoms with Crippen LogP contribution in [0, 0.1) is 6.92 Å². The maximum Gasteiger partial charge on any atom is 0.230 e. The van der Waals surface area contributed by atoms with Crippen LogP contribution in [0.25, 0.3) is 0 Å². The number of rotatable bonds is 7. The quantitative estimate of drug-likeness (QED) is 0.812. The van der Waals surface area contributed by atoms with Gasteiger partial charge in [-0.1, -0.05) is 29.8 Å². The third-order valence-corrected chi connectivity index (χ3v) is 3.72. The van der Waals surface area contributed by atoms with Crippen molar-refractivity contribution in [2.24, 2.45) is 0 Å². The molecule has 0 heterocycles. The molecule has 108 valence electrons. The fourth-order valence-electron chi connectivity index (χ4n) is 1.37. The molecule has 1 atom stereocenters. The summed E-state index contributed by atoms with van der Waals surface area (Å²) in [5, 5.41) is 5.99. The predicted octanol–water partition coefficient (Wildman–Crippen LogP) is 2.37. The summed E-state index contributed by atoms with van der Waals surface area (Å²) in [5.74, 6) is 1.51. The Morgan fingerprint density at radius 2 is 1.95 bits per heavy atom. The van der Waals surface area contributed by atoms with E-state index in [1.807, 2.05) is 14.0 Å². The standard InChI is InChI=1S/C14H22N2OS.ClH/c1-11-4-6-13(7-5-11)9-18-10-14(17)16-8-12(2)15-3;/h4-7,12,15H,8-10H2,1-3H3,(H,16,17);1H. The van der Waals surface area contributed by atoms with Crippen LogP contribution >= 0.6 is 24.2 Å². The molecule has 0 saturated carbocycles. The molecule has 5 heteroatoms. The molecule has 0 aromatic heterocycles. The number of benzene rings is 1. The summed E-state index contributed by atoms with van der Waals surface area (Å²) in [7, 11) is 1.89. The van der Waals surface area contributed by atoms with Gasteiger partial charge in [-0.3, -0.25) is 4.79 Å². The Balaban J connectivity index is 0.00000324. The van der Waals surface area contributed by atoms with Crippen LogP contribution in [-0.2, 0) is 10.5 Å². The molecule has 2 N–H and O–H groups in total. The minimum atomic E-state index is 0. The second-order valence-corrected chi connectivity index (χ2v) is 5.46. The number of halogens is 1. The zero-order chi connectivity index (χ0) is 13.4. The van der Waals surface area contributed by atoms with Crippen LogP contribution in [-0.4, -0.2) is 31.3 Å². The van der Waals surface area contributed by atoms with Crippen molar-refractivity contribution in [2.75, 3.05) is 19.3 Å². The molecule has 0 fully saturated rings. The molecule has 0 spiro atoms. The van der Waals surface area contributed by atoms with Gasteiger partial charge in [-0.15, -0.1) is 24.2 Å². The van der Waals surface area contributed by atoms with Crippen LogP contribution in [0.1, 0.15) is 18.1 Å². The first-order valence-corrected chi connectivity index (χ1v) is 7.34. The van der Waals surface area contributed by atoms with E-state index in [2.05, 4.69) is 41.8 Å². The molecule has 0 saturated heterocycles. The lowest BCUT2D eigenvalue weighted by Crippen LogP contribution is -2.37. The highest BCUT2D eigenvalue weighted by Gasteiger charge is 2.03. The van der Waals surface area contributed by atoms with Crippen molar-refractivity contribution >= 4 is 30.1 Å². The predicted molar refractivity (Wildman–Crippen MR) is 86.1 cm³/mol. The van der Waals surface area contributed by atoms with Crippen LogP contribution in [0.3, 0.4) is 0 Å². The molecular formula is C14H23ClN2OS. The Bertz CT molecular complexity index is 370. The smallest absolute Gasteiger partial charge is 0.230 e. The van der Waals surface area contributed by atoms with Crippen molar-refractivity contribution in [2.45, 2.75) is 25.6 Å². The lowest BCUT2D eigenvalue weighted by atomic mass is 10.2. The fraction of sp³-hybridized carbons (Fsp3) is 0.500. The van der Waals surface area contributed by atoms with E-state index >= 15 is 0 Å². The maximum absolute atomic E-state index is 11.5. The third kappa shape index (κ3) is 8.14. The molecule has 0 bridgehead atoms. The molecule has 1 amide bonds. The van der Waals surface area contributed by atoms with Crippen molar-refractivity contribution in [1.29, 1.82) is 0 Å². The van der Waals surface area contributed by atoms with E-state index in [0.717, 1.165) is 5.75 Å². The van der Waals surface area contributed by atoms with Crippen LogP contribution < -0.4 is 10.6 Å². The van der Waals surface area contributed by atoms with Gasteiger partial charge in [0, 0.05) is 18.3 Å². The molecule has 1 aromatic carbocycles. The first-order valence-electron chi connectivity index (χ1n) is 6.19. The molecule has 0 aliphatic rings. The van der Waals surface area contributed by atoms with Gasteiger partial charge in [0.25, 0.3) is 0 Å². The minimum absolute atomic E-state index is 0. The number of carbonyl (C=O) groups is 1. The highest BCUT2D eigenvalue weighted by molar-refractivity contribution is 7.99. The number of aryl methyl sites for hydroxylation is 1. The molecule has 0 aliphatic heterocycles. The molecular weight excluding hydrogens is 280 g/mol. The Hall–Kier alpha value is -0.710. The summed E-state index contributed by atoms with van der Waals surface area (Å²) in [5.41, 5.74) is 2.53. The maximum atomic E-state index is 11.5. The van der Waals surface area contributed by atoms with Crippen molar-refractivity contribution in [3.63, 3.8) is 0 Å². The number of likely N-dealkylation sites (N-methyl/N-ethyl adjacent to an activating group) is 1.